The first-order valence-electron chi connectivity index (χ1n) is 12.3. The molecule has 2 aliphatic rings. The van der Waals surface area contributed by atoms with Crippen molar-refractivity contribution in [2.45, 2.75) is 48.6 Å². The summed E-state index contributed by atoms with van der Waals surface area (Å²) in [5.41, 5.74) is 3.49. The first-order valence-corrected chi connectivity index (χ1v) is 14.8. The van der Waals surface area contributed by atoms with Crippen LogP contribution < -0.4 is 4.90 Å². The Hall–Kier alpha value is -2.95. The van der Waals surface area contributed by atoms with E-state index in [-0.39, 0.29) is 33.0 Å². The summed E-state index contributed by atoms with van der Waals surface area (Å²) >= 11 is 1.17. The fourth-order valence-corrected chi connectivity index (χ4v) is 7.16. The molecule has 0 bridgehead atoms. The minimum atomic E-state index is -3.57. The van der Waals surface area contributed by atoms with Crippen LogP contribution in [0.4, 0.5) is 5.69 Å². The number of hydrogen-bond acceptors (Lipinski definition) is 8. The molecular formula is C27H30N4O4S2. The Morgan fingerprint density at radius 3 is 2.59 bits per heavy atom. The third-order valence-electron chi connectivity index (χ3n) is 7.02. The number of aromatic nitrogens is 2. The molecule has 0 unspecified atom stereocenters. The van der Waals surface area contributed by atoms with Gasteiger partial charge in [-0.1, -0.05) is 56.3 Å². The van der Waals surface area contributed by atoms with Crippen molar-refractivity contribution in [3.05, 3.63) is 65.9 Å². The summed E-state index contributed by atoms with van der Waals surface area (Å²) < 4.78 is 33.4. The van der Waals surface area contributed by atoms with Gasteiger partial charge in [-0.05, 0) is 42.7 Å². The van der Waals surface area contributed by atoms with E-state index in [4.69, 9.17) is 4.42 Å². The Bertz CT molecular complexity index is 1460. The number of hydrogen-bond donors (Lipinski definition) is 0. The van der Waals surface area contributed by atoms with Crippen molar-refractivity contribution in [3.8, 4) is 11.5 Å². The smallest absolute Gasteiger partial charge is 0.277 e. The summed E-state index contributed by atoms with van der Waals surface area (Å²) in [5, 5.41) is 8.40. The number of nitrogens with zero attached hydrogens (tertiary/aromatic N) is 4. The minimum absolute atomic E-state index is 0.0536. The molecule has 1 fully saturated rings. The number of carbonyl (C=O) groups is 1. The average Bonchev–Trinajstić information content (AvgIpc) is 3.46. The summed E-state index contributed by atoms with van der Waals surface area (Å²) in [6, 6.07) is 14.7. The highest BCUT2D eigenvalue weighted by Gasteiger charge is 2.38. The van der Waals surface area contributed by atoms with Crippen molar-refractivity contribution in [3.63, 3.8) is 0 Å². The van der Waals surface area contributed by atoms with Crippen LogP contribution in [0, 0.1) is 0 Å². The number of piperidine rings is 1. The first-order chi connectivity index (χ1) is 17.7. The van der Waals surface area contributed by atoms with E-state index in [9.17, 15) is 13.2 Å². The number of carbonyl (C=O) groups excluding carboxylic acids is 1. The van der Waals surface area contributed by atoms with E-state index in [0.717, 1.165) is 30.6 Å². The number of benzene rings is 2. The van der Waals surface area contributed by atoms with Crippen LogP contribution >= 0.6 is 11.8 Å². The van der Waals surface area contributed by atoms with Gasteiger partial charge in [0, 0.05) is 48.6 Å². The highest BCUT2D eigenvalue weighted by Crippen LogP contribution is 2.46. The van der Waals surface area contributed by atoms with Crippen molar-refractivity contribution < 1.29 is 17.6 Å². The van der Waals surface area contributed by atoms with E-state index < -0.39 is 10.0 Å². The fourth-order valence-electron chi connectivity index (χ4n) is 5.01. The topological polar surface area (TPSA) is 96.6 Å². The van der Waals surface area contributed by atoms with E-state index in [1.807, 2.05) is 19.2 Å². The molecule has 0 radical (unpaired) electrons. The predicted molar refractivity (Wildman–Crippen MR) is 144 cm³/mol. The van der Waals surface area contributed by atoms with Gasteiger partial charge in [0.2, 0.25) is 15.9 Å². The molecule has 0 N–H and O–H groups in total. The Kier molecular flexibility index (Phi) is 6.99. The molecule has 0 spiro atoms. The number of rotatable bonds is 7. The van der Waals surface area contributed by atoms with Crippen LogP contribution in [0.3, 0.4) is 0 Å². The van der Waals surface area contributed by atoms with Crippen LogP contribution in [0.5, 0.6) is 0 Å². The van der Waals surface area contributed by atoms with Crippen LogP contribution in [0.25, 0.3) is 11.5 Å². The lowest BCUT2D eigenvalue weighted by atomic mass is 9.83. The van der Waals surface area contributed by atoms with Crippen LogP contribution in [0.2, 0.25) is 0 Å². The van der Waals surface area contributed by atoms with E-state index in [1.165, 1.54) is 21.6 Å². The van der Waals surface area contributed by atoms with Crippen LogP contribution in [-0.4, -0.2) is 54.6 Å². The summed E-state index contributed by atoms with van der Waals surface area (Å²) in [6.07, 6.45) is 4.49. The molecule has 1 aromatic heterocycles. The Balaban J connectivity index is 1.27. The predicted octanol–water partition coefficient (Wildman–Crippen LogP) is 4.88. The Morgan fingerprint density at radius 1 is 1.08 bits per heavy atom. The fraction of sp³-hybridized carbons (Fsp3) is 0.370. The van der Waals surface area contributed by atoms with Crippen molar-refractivity contribution in [1.82, 2.24) is 14.5 Å². The number of allylic oxidation sites excluding steroid dienone is 2. The molecule has 8 nitrogen and oxygen atoms in total. The lowest BCUT2D eigenvalue weighted by molar-refractivity contribution is -0.112. The van der Waals surface area contributed by atoms with Crippen LogP contribution in [-0.2, 0) is 20.2 Å². The third-order valence-corrected chi connectivity index (χ3v) is 9.75. The number of para-hydroxylation sites is 1. The molecule has 2 aromatic carbocycles. The number of sulfonamides is 1. The van der Waals surface area contributed by atoms with Gasteiger partial charge < -0.3 is 9.32 Å². The largest absolute Gasteiger partial charge is 0.411 e. The number of thioether (sulfide) groups is 1. The average molecular weight is 539 g/mol. The molecular weight excluding hydrogens is 508 g/mol. The molecule has 194 valence electrons. The maximum Gasteiger partial charge on any atom is 0.277 e. The van der Waals surface area contributed by atoms with Gasteiger partial charge >= 0.3 is 0 Å². The molecule has 0 amide bonds. The summed E-state index contributed by atoms with van der Waals surface area (Å²) in [7, 11) is -1.59. The minimum Gasteiger partial charge on any atom is -0.411 e. The SMILES string of the molecule is CN1/C(=C/C(=O)CSc2nnc(-c3cccc(S(=O)(=O)N4CCCCC4)c3)o2)C(C)(C)c2ccccc21. The molecule has 0 atom stereocenters. The number of anilines is 1. The Morgan fingerprint density at radius 2 is 1.84 bits per heavy atom. The van der Waals surface area contributed by atoms with Crippen molar-refractivity contribution in [1.29, 1.82) is 0 Å². The van der Waals surface area contributed by atoms with Gasteiger partial charge in [0.05, 0.1) is 10.6 Å². The molecule has 0 aliphatic carbocycles. The van der Waals surface area contributed by atoms with Gasteiger partial charge in [0.15, 0.2) is 5.78 Å². The molecule has 5 rings (SSSR count). The lowest BCUT2D eigenvalue weighted by Gasteiger charge is -2.25. The molecule has 37 heavy (non-hydrogen) atoms. The summed E-state index contributed by atoms with van der Waals surface area (Å²) in [6.45, 7) is 5.31. The van der Waals surface area contributed by atoms with E-state index >= 15 is 0 Å². The second kappa shape index (κ2) is 10.1. The van der Waals surface area contributed by atoms with E-state index in [2.05, 4.69) is 41.1 Å². The first kappa shape index (κ1) is 25.7. The van der Waals surface area contributed by atoms with Crippen LogP contribution in [0.15, 0.2) is 74.8 Å². The second-order valence-electron chi connectivity index (χ2n) is 9.85. The number of fused-ring (bicyclic) bond motifs is 1. The molecule has 3 heterocycles. The van der Waals surface area contributed by atoms with Gasteiger partial charge in [-0.15, -0.1) is 10.2 Å². The van der Waals surface area contributed by atoms with Gasteiger partial charge in [0.1, 0.15) is 0 Å². The standard InChI is InChI=1S/C27H30N4O4S2/c1-27(2)22-12-5-6-13-23(22)30(3)24(27)17-20(32)18-36-26-29-28-25(35-26)19-10-9-11-21(16-19)37(33,34)31-14-7-4-8-15-31/h5-6,9-13,16-17H,4,7-8,14-15,18H2,1-3H3/b24-17+. The van der Waals surface area contributed by atoms with E-state index in [0.29, 0.717) is 18.7 Å². The van der Waals surface area contributed by atoms with Crippen molar-refractivity contribution >= 4 is 33.3 Å². The monoisotopic (exact) mass is 538 g/mol. The van der Waals surface area contributed by atoms with Gasteiger partial charge in [-0.2, -0.15) is 4.31 Å². The molecule has 10 heteroatoms. The molecule has 1 saturated heterocycles. The third kappa shape index (κ3) is 4.97. The zero-order valence-electron chi connectivity index (χ0n) is 21.2. The van der Waals surface area contributed by atoms with E-state index in [1.54, 1.807) is 30.3 Å². The van der Waals surface area contributed by atoms with Crippen molar-refractivity contribution in [2.75, 3.05) is 30.8 Å². The zero-order valence-corrected chi connectivity index (χ0v) is 22.8. The van der Waals surface area contributed by atoms with Gasteiger partial charge in [0.25, 0.3) is 5.22 Å². The lowest BCUT2D eigenvalue weighted by Crippen LogP contribution is -2.35. The normalized spacial score (nSPS) is 18.8. The van der Waals surface area contributed by atoms with Gasteiger partial charge in [-0.3, -0.25) is 4.79 Å². The molecule has 3 aromatic rings. The summed E-state index contributed by atoms with van der Waals surface area (Å²) in [5.74, 6) is 0.313. The zero-order chi connectivity index (χ0) is 26.2. The maximum absolute atomic E-state index is 13.0. The second-order valence-corrected chi connectivity index (χ2v) is 12.7. The van der Waals surface area contributed by atoms with Gasteiger partial charge in [-0.25, -0.2) is 8.42 Å². The summed E-state index contributed by atoms with van der Waals surface area (Å²) in [4.78, 5) is 15.1. The quantitative estimate of drug-likeness (QED) is 0.310. The number of likely N-dealkylation sites (N-methyl/N-ethyl adjacent to an activating group) is 1. The highest BCUT2D eigenvalue weighted by atomic mass is 32.2. The molecule has 2 aliphatic heterocycles. The maximum atomic E-state index is 13.0. The van der Waals surface area contributed by atoms with Crippen molar-refractivity contribution in [2.24, 2.45) is 0 Å². The van der Waals surface area contributed by atoms with Crippen LogP contribution in [0.1, 0.15) is 38.7 Å². The number of ketones is 1. The Labute approximate surface area is 221 Å². The highest BCUT2D eigenvalue weighted by molar-refractivity contribution is 7.99. The molecule has 0 saturated carbocycles.